The van der Waals surface area contributed by atoms with Crippen molar-refractivity contribution in [2.24, 2.45) is 0 Å². The van der Waals surface area contributed by atoms with Gasteiger partial charge in [-0.25, -0.2) is 4.98 Å². The Morgan fingerprint density at radius 1 is 1.08 bits per heavy atom. The SMILES string of the molecule is Cc1cc2ncn(CC(O)CN3CCN(C4CC4)CC3)c2cc1C. The molecule has 1 aliphatic heterocycles. The second kappa shape index (κ2) is 6.47. The first-order chi connectivity index (χ1) is 11.6. The Kier molecular flexibility index (Phi) is 4.33. The van der Waals surface area contributed by atoms with Gasteiger partial charge in [0.15, 0.2) is 0 Å². The topological polar surface area (TPSA) is 44.5 Å². The number of nitrogens with zero attached hydrogens (tertiary/aromatic N) is 4. The lowest BCUT2D eigenvalue weighted by Gasteiger charge is -2.35. The molecule has 5 nitrogen and oxygen atoms in total. The van der Waals surface area contributed by atoms with Crippen LogP contribution in [0, 0.1) is 13.8 Å². The number of hydrogen-bond acceptors (Lipinski definition) is 4. The summed E-state index contributed by atoms with van der Waals surface area (Å²) in [7, 11) is 0. The van der Waals surface area contributed by atoms with Gasteiger partial charge in [-0.15, -0.1) is 0 Å². The van der Waals surface area contributed by atoms with E-state index in [1.54, 1.807) is 0 Å². The van der Waals surface area contributed by atoms with Gasteiger partial charge in [0.2, 0.25) is 0 Å². The number of rotatable bonds is 5. The number of aryl methyl sites for hydroxylation is 2. The lowest BCUT2D eigenvalue weighted by Crippen LogP contribution is -2.49. The van der Waals surface area contributed by atoms with Crippen molar-refractivity contribution in [3.05, 3.63) is 29.6 Å². The Hall–Kier alpha value is -1.43. The van der Waals surface area contributed by atoms with Crippen molar-refractivity contribution in [3.63, 3.8) is 0 Å². The molecule has 1 saturated heterocycles. The van der Waals surface area contributed by atoms with Crippen LogP contribution < -0.4 is 0 Å². The molecule has 0 radical (unpaired) electrons. The van der Waals surface area contributed by atoms with Crippen molar-refractivity contribution in [1.29, 1.82) is 0 Å². The van der Waals surface area contributed by atoms with E-state index in [2.05, 4.69) is 45.3 Å². The number of imidazole rings is 1. The molecule has 1 aromatic heterocycles. The zero-order valence-electron chi connectivity index (χ0n) is 14.8. The van der Waals surface area contributed by atoms with Crippen LogP contribution in [0.3, 0.4) is 0 Å². The van der Waals surface area contributed by atoms with Gasteiger partial charge in [-0.2, -0.15) is 0 Å². The van der Waals surface area contributed by atoms with Crippen LogP contribution in [0.15, 0.2) is 18.5 Å². The van der Waals surface area contributed by atoms with Crippen molar-refractivity contribution in [3.8, 4) is 0 Å². The number of aliphatic hydroxyl groups is 1. The third-order valence-corrected chi connectivity index (χ3v) is 5.58. The highest BCUT2D eigenvalue weighted by molar-refractivity contribution is 5.77. The molecule has 1 aliphatic carbocycles. The van der Waals surface area contributed by atoms with Gasteiger partial charge in [-0.05, 0) is 49.9 Å². The second-order valence-electron chi connectivity index (χ2n) is 7.54. The Morgan fingerprint density at radius 2 is 1.79 bits per heavy atom. The lowest BCUT2D eigenvalue weighted by atomic mass is 10.1. The first kappa shape index (κ1) is 16.1. The molecule has 1 unspecified atom stereocenters. The van der Waals surface area contributed by atoms with E-state index >= 15 is 0 Å². The van der Waals surface area contributed by atoms with Crippen molar-refractivity contribution in [2.75, 3.05) is 32.7 Å². The zero-order valence-corrected chi connectivity index (χ0v) is 14.8. The lowest BCUT2D eigenvalue weighted by molar-refractivity contribution is 0.0627. The van der Waals surface area contributed by atoms with E-state index in [4.69, 9.17) is 0 Å². The molecular weight excluding hydrogens is 300 g/mol. The van der Waals surface area contributed by atoms with E-state index in [0.29, 0.717) is 6.54 Å². The third-order valence-electron chi connectivity index (χ3n) is 5.58. The number of aliphatic hydroxyl groups excluding tert-OH is 1. The summed E-state index contributed by atoms with van der Waals surface area (Å²) in [6.45, 7) is 10.1. The van der Waals surface area contributed by atoms with Crippen LogP contribution >= 0.6 is 0 Å². The monoisotopic (exact) mass is 328 g/mol. The predicted octanol–water partition coefficient (Wildman–Crippen LogP) is 1.79. The summed E-state index contributed by atoms with van der Waals surface area (Å²) in [5.74, 6) is 0. The van der Waals surface area contributed by atoms with Crippen LogP contribution in [0.5, 0.6) is 0 Å². The fourth-order valence-electron chi connectivity index (χ4n) is 3.79. The molecule has 1 N–H and O–H groups in total. The molecule has 2 aliphatic rings. The molecular formula is C19H28N4O. The number of aromatic nitrogens is 2. The van der Waals surface area contributed by atoms with Crippen molar-refractivity contribution >= 4 is 11.0 Å². The fourth-order valence-corrected chi connectivity index (χ4v) is 3.79. The fraction of sp³-hybridized carbons (Fsp3) is 0.632. The summed E-state index contributed by atoms with van der Waals surface area (Å²) in [4.78, 5) is 9.50. The van der Waals surface area contributed by atoms with Gasteiger partial charge in [-0.3, -0.25) is 9.80 Å². The van der Waals surface area contributed by atoms with Gasteiger partial charge in [0.25, 0.3) is 0 Å². The van der Waals surface area contributed by atoms with E-state index in [1.807, 2.05) is 6.33 Å². The molecule has 2 heterocycles. The van der Waals surface area contributed by atoms with Gasteiger partial charge in [0, 0.05) is 38.8 Å². The second-order valence-corrected chi connectivity index (χ2v) is 7.54. The molecule has 1 atom stereocenters. The molecule has 0 bridgehead atoms. The minimum absolute atomic E-state index is 0.350. The third kappa shape index (κ3) is 3.34. The van der Waals surface area contributed by atoms with E-state index in [9.17, 15) is 5.11 Å². The molecule has 5 heteroatoms. The number of benzene rings is 1. The maximum Gasteiger partial charge on any atom is 0.0959 e. The molecule has 0 amide bonds. The summed E-state index contributed by atoms with van der Waals surface area (Å²) in [5.41, 5.74) is 4.68. The van der Waals surface area contributed by atoms with Crippen molar-refractivity contribution in [2.45, 2.75) is 45.4 Å². The normalized spacial score (nSPS) is 21.5. The molecule has 2 aromatic rings. The minimum Gasteiger partial charge on any atom is -0.390 e. The summed E-state index contributed by atoms with van der Waals surface area (Å²) in [6.07, 6.45) is 4.28. The van der Waals surface area contributed by atoms with Crippen LogP contribution in [0.2, 0.25) is 0 Å². The van der Waals surface area contributed by atoms with Crippen molar-refractivity contribution in [1.82, 2.24) is 19.4 Å². The maximum atomic E-state index is 10.5. The number of hydrogen-bond donors (Lipinski definition) is 1. The first-order valence-corrected chi connectivity index (χ1v) is 9.17. The van der Waals surface area contributed by atoms with E-state index in [-0.39, 0.29) is 6.10 Å². The number of piperazine rings is 1. The maximum absolute atomic E-state index is 10.5. The highest BCUT2D eigenvalue weighted by atomic mass is 16.3. The minimum atomic E-state index is -0.350. The molecule has 1 aromatic carbocycles. The van der Waals surface area contributed by atoms with Gasteiger partial charge in [0.1, 0.15) is 0 Å². The van der Waals surface area contributed by atoms with Crippen LogP contribution in [-0.2, 0) is 6.54 Å². The molecule has 1 saturated carbocycles. The van der Waals surface area contributed by atoms with Crippen LogP contribution in [-0.4, -0.2) is 69.3 Å². The summed E-state index contributed by atoms with van der Waals surface area (Å²) >= 11 is 0. The summed E-state index contributed by atoms with van der Waals surface area (Å²) in [6, 6.07) is 5.17. The Morgan fingerprint density at radius 3 is 2.50 bits per heavy atom. The molecule has 130 valence electrons. The Bertz CT molecular complexity index is 713. The van der Waals surface area contributed by atoms with Crippen LogP contribution in [0.25, 0.3) is 11.0 Å². The summed E-state index contributed by atoms with van der Waals surface area (Å²) in [5, 5.41) is 10.5. The Labute approximate surface area is 143 Å². The van der Waals surface area contributed by atoms with Crippen LogP contribution in [0.4, 0.5) is 0 Å². The molecule has 24 heavy (non-hydrogen) atoms. The predicted molar refractivity (Wildman–Crippen MR) is 96.2 cm³/mol. The highest BCUT2D eigenvalue weighted by Gasteiger charge is 2.31. The summed E-state index contributed by atoms with van der Waals surface area (Å²) < 4.78 is 2.09. The van der Waals surface area contributed by atoms with E-state index in [0.717, 1.165) is 49.8 Å². The highest BCUT2D eigenvalue weighted by Crippen LogP contribution is 2.27. The van der Waals surface area contributed by atoms with Gasteiger partial charge in [0.05, 0.1) is 30.0 Å². The standard InChI is InChI=1S/C19H28N4O/c1-14-9-18-19(10-15(14)2)23(13-20-18)12-17(24)11-21-5-7-22(8-6-21)16-3-4-16/h9-10,13,16-17,24H,3-8,11-12H2,1-2H3. The average Bonchev–Trinajstić information content (AvgIpc) is 3.34. The van der Waals surface area contributed by atoms with Gasteiger partial charge >= 0.3 is 0 Å². The number of β-amino-alcohol motifs (C(OH)–C–C–N with tert-alkyl or cyclic N) is 1. The van der Waals surface area contributed by atoms with Gasteiger partial charge < -0.3 is 9.67 Å². The van der Waals surface area contributed by atoms with Crippen molar-refractivity contribution < 1.29 is 5.11 Å². The Balaban J connectivity index is 1.36. The molecule has 4 rings (SSSR count). The average molecular weight is 328 g/mol. The quantitative estimate of drug-likeness (QED) is 0.909. The van der Waals surface area contributed by atoms with E-state index < -0.39 is 0 Å². The largest absolute Gasteiger partial charge is 0.390 e. The number of fused-ring (bicyclic) bond motifs is 1. The first-order valence-electron chi connectivity index (χ1n) is 9.17. The van der Waals surface area contributed by atoms with Crippen LogP contribution in [0.1, 0.15) is 24.0 Å². The van der Waals surface area contributed by atoms with E-state index in [1.165, 1.54) is 24.0 Å². The van der Waals surface area contributed by atoms with Gasteiger partial charge in [-0.1, -0.05) is 0 Å². The molecule has 0 spiro atoms. The smallest absolute Gasteiger partial charge is 0.0959 e. The zero-order chi connectivity index (χ0) is 16.7. The molecule has 2 fully saturated rings.